The van der Waals surface area contributed by atoms with Crippen LogP contribution in [-0.4, -0.2) is 45.2 Å². The molecule has 0 saturated carbocycles. The van der Waals surface area contributed by atoms with Crippen molar-refractivity contribution in [3.05, 3.63) is 131 Å². The molecule has 0 unspecified atom stereocenters. The first-order valence-corrected chi connectivity index (χ1v) is 15.8. The lowest BCUT2D eigenvalue weighted by molar-refractivity contribution is -0.117. The summed E-state index contributed by atoms with van der Waals surface area (Å²) in [4.78, 5) is 13.9. The molecule has 214 valence electrons. The summed E-state index contributed by atoms with van der Waals surface area (Å²) in [5, 5.41) is 0. The summed E-state index contributed by atoms with van der Waals surface area (Å²) in [6.07, 6.45) is 2.95. The molecule has 0 saturated heterocycles. The molecule has 0 aromatic heterocycles. The number of ether oxygens (including phenoxy) is 1. The van der Waals surface area contributed by atoms with Crippen molar-refractivity contribution in [3.63, 3.8) is 0 Å². The lowest BCUT2D eigenvalue weighted by atomic mass is 9.90. The predicted octanol–water partition coefficient (Wildman–Crippen LogP) is 5.61. The second-order valence-electron chi connectivity index (χ2n) is 10.3. The fraction of sp³-hybridized carbons (Fsp3) is 0.265. The minimum atomic E-state index is -3.25. The van der Waals surface area contributed by atoms with E-state index in [0.717, 1.165) is 36.4 Å². The van der Waals surface area contributed by atoms with Crippen LogP contribution in [0.3, 0.4) is 0 Å². The number of carbonyl (C=O) groups is 1. The van der Waals surface area contributed by atoms with Gasteiger partial charge in [0.1, 0.15) is 5.75 Å². The first kappa shape index (κ1) is 30.0. The Morgan fingerprint density at radius 2 is 1.46 bits per heavy atom. The van der Waals surface area contributed by atoms with Crippen molar-refractivity contribution in [1.29, 1.82) is 0 Å². The van der Waals surface area contributed by atoms with Gasteiger partial charge in [0.05, 0.1) is 11.5 Å². The van der Waals surface area contributed by atoms with Gasteiger partial charge in [-0.25, -0.2) is 8.42 Å². The monoisotopic (exact) mass is 570 g/mol. The van der Waals surface area contributed by atoms with Gasteiger partial charge in [0.25, 0.3) is 0 Å². The molecular formula is C34H38N2O4S. The van der Waals surface area contributed by atoms with E-state index in [1.165, 1.54) is 17.4 Å². The highest BCUT2D eigenvalue weighted by atomic mass is 32.2. The Morgan fingerprint density at radius 3 is 2.05 bits per heavy atom. The smallest absolute Gasteiger partial charge is 0.217 e. The molecule has 0 aliphatic carbocycles. The average Bonchev–Trinajstić information content (AvgIpc) is 2.98. The number of nitrogens with two attached hydrogens (primary N) is 1. The zero-order valence-electron chi connectivity index (χ0n) is 23.5. The van der Waals surface area contributed by atoms with Crippen molar-refractivity contribution in [2.75, 3.05) is 26.0 Å². The molecule has 0 aliphatic rings. The molecule has 2 N–H and O–H groups in total. The van der Waals surface area contributed by atoms with Gasteiger partial charge >= 0.3 is 0 Å². The highest BCUT2D eigenvalue weighted by Crippen LogP contribution is 2.27. The molecule has 0 aliphatic heterocycles. The molecule has 0 atom stereocenters. The van der Waals surface area contributed by atoms with Crippen LogP contribution in [-0.2, 0) is 27.6 Å². The number of rotatable bonds is 15. The third-order valence-electron chi connectivity index (χ3n) is 7.05. The van der Waals surface area contributed by atoms with Gasteiger partial charge < -0.3 is 10.5 Å². The minimum absolute atomic E-state index is 0.176. The van der Waals surface area contributed by atoms with Crippen LogP contribution in [0.2, 0.25) is 0 Å². The highest BCUT2D eigenvalue weighted by molar-refractivity contribution is 7.90. The molecule has 7 heteroatoms. The summed E-state index contributed by atoms with van der Waals surface area (Å²) in [5.74, 6) is 0.642. The molecule has 0 radical (unpaired) electrons. The van der Waals surface area contributed by atoms with Crippen LogP contribution in [0.4, 0.5) is 0 Å². The third kappa shape index (κ3) is 9.59. The van der Waals surface area contributed by atoms with Crippen molar-refractivity contribution < 1.29 is 17.9 Å². The first-order valence-electron chi connectivity index (χ1n) is 13.9. The van der Waals surface area contributed by atoms with E-state index in [1.54, 1.807) is 12.1 Å². The average molecular weight is 571 g/mol. The van der Waals surface area contributed by atoms with Crippen LogP contribution in [0.25, 0.3) is 0 Å². The van der Waals surface area contributed by atoms with Gasteiger partial charge in [0.2, 0.25) is 5.91 Å². The summed E-state index contributed by atoms with van der Waals surface area (Å²) in [7, 11) is -3.25. The van der Waals surface area contributed by atoms with E-state index >= 15 is 0 Å². The Morgan fingerprint density at radius 1 is 0.829 bits per heavy atom. The van der Waals surface area contributed by atoms with Crippen molar-refractivity contribution in [3.8, 4) is 5.75 Å². The normalized spacial score (nSPS) is 11.6. The number of primary amides is 1. The largest absolute Gasteiger partial charge is 0.494 e. The number of hydrogen-bond acceptors (Lipinski definition) is 5. The Kier molecular flexibility index (Phi) is 10.7. The Balaban J connectivity index is 1.48. The molecule has 41 heavy (non-hydrogen) atoms. The summed E-state index contributed by atoms with van der Waals surface area (Å²) in [6, 6.07) is 36.0. The maximum absolute atomic E-state index is 12.0. The van der Waals surface area contributed by atoms with Gasteiger partial charge in [0, 0.05) is 38.2 Å². The number of sulfone groups is 1. The van der Waals surface area contributed by atoms with Crippen LogP contribution in [0.1, 0.15) is 41.0 Å². The number of hydrogen-bond donors (Lipinski definition) is 1. The number of benzene rings is 4. The van der Waals surface area contributed by atoms with E-state index < -0.39 is 9.84 Å². The van der Waals surface area contributed by atoms with Crippen molar-refractivity contribution in [2.24, 2.45) is 5.73 Å². The van der Waals surface area contributed by atoms with E-state index in [-0.39, 0.29) is 11.8 Å². The molecule has 1 amide bonds. The quantitative estimate of drug-likeness (QED) is 0.188. The van der Waals surface area contributed by atoms with Gasteiger partial charge in [-0.1, -0.05) is 84.9 Å². The molecule has 4 aromatic carbocycles. The fourth-order valence-electron chi connectivity index (χ4n) is 4.90. The minimum Gasteiger partial charge on any atom is -0.494 e. The zero-order valence-corrected chi connectivity index (χ0v) is 24.3. The lowest BCUT2D eigenvalue weighted by Crippen LogP contribution is -2.30. The summed E-state index contributed by atoms with van der Waals surface area (Å²) in [6.45, 7) is 2.82. The summed E-state index contributed by atoms with van der Waals surface area (Å²) < 4.78 is 30.0. The second kappa shape index (κ2) is 14.6. The predicted molar refractivity (Wildman–Crippen MR) is 164 cm³/mol. The van der Waals surface area contributed by atoms with E-state index in [9.17, 15) is 13.2 Å². The molecular weight excluding hydrogens is 532 g/mol. The number of amides is 1. The van der Waals surface area contributed by atoms with E-state index in [2.05, 4.69) is 53.4 Å². The summed E-state index contributed by atoms with van der Waals surface area (Å²) in [5.41, 5.74) is 9.87. The number of carbonyl (C=O) groups excluding carboxylic acids is 1. The zero-order chi connectivity index (χ0) is 29.1. The van der Waals surface area contributed by atoms with Crippen molar-refractivity contribution in [2.45, 2.75) is 36.6 Å². The highest BCUT2D eigenvalue weighted by Gasteiger charge is 2.19. The number of nitrogens with zero attached hydrogens (tertiary/aromatic N) is 1. The van der Waals surface area contributed by atoms with Crippen LogP contribution in [0, 0.1) is 0 Å². The molecule has 4 rings (SSSR count). The Hall–Kier alpha value is -3.94. The van der Waals surface area contributed by atoms with Gasteiger partial charge in [-0.05, 0) is 59.4 Å². The summed E-state index contributed by atoms with van der Waals surface area (Å²) >= 11 is 0. The van der Waals surface area contributed by atoms with Gasteiger partial charge in [-0.15, -0.1) is 0 Å². The van der Waals surface area contributed by atoms with Crippen molar-refractivity contribution >= 4 is 15.7 Å². The first-order chi connectivity index (χ1) is 19.8. The van der Waals surface area contributed by atoms with Crippen LogP contribution in [0.5, 0.6) is 5.75 Å². The van der Waals surface area contributed by atoms with Gasteiger partial charge in [-0.2, -0.15) is 0 Å². The second-order valence-corrected chi connectivity index (χ2v) is 12.4. The fourth-order valence-corrected chi connectivity index (χ4v) is 5.53. The van der Waals surface area contributed by atoms with E-state index in [4.69, 9.17) is 10.5 Å². The van der Waals surface area contributed by atoms with E-state index in [0.29, 0.717) is 30.9 Å². The maximum Gasteiger partial charge on any atom is 0.217 e. The number of aryl methyl sites for hydroxylation is 1. The van der Waals surface area contributed by atoms with Gasteiger partial charge in [-0.3, -0.25) is 9.69 Å². The maximum atomic E-state index is 12.0. The Labute approximate surface area is 243 Å². The van der Waals surface area contributed by atoms with Crippen molar-refractivity contribution in [1.82, 2.24) is 4.90 Å². The third-order valence-corrected chi connectivity index (χ3v) is 8.18. The molecule has 0 bridgehead atoms. The Bertz CT molecular complexity index is 1450. The van der Waals surface area contributed by atoms with Gasteiger partial charge in [0.15, 0.2) is 9.84 Å². The standard InChI is InChI=1S/C34H38N2O4S/c1-41(38,39)32-19-16-28(17-20-32)25-36(22-9-23-40-31-15-8-10-27(24-31)18-21-34(35)37)26-33(29-11-4-2-5-12-29)30-13-6-3-7-14-30/h2-8,10-17,19-20,24,33H,9,18,21-23,25-26H2,1H3,(H2,35,37). The SMILES string of the molecule is CS(=O)(=O)c1ccc(CN(CCCOc2cccc(CCC(N)=O)c2)CC(c2ccccc2)c2ccccc2)cc1. The lowest BCUT2D eigenvalue weighted by Gasteiger charge is -2.28. The van der Waals surface area contributed by atoms with Crippen LogP contribution in [0.15, 0.2) is 114 Å². The molecule has 0 spiro atoms. The molecule has 0 fully saturated rings. The molecule has 6 nitrogen and oxygen atoms in total. The topological polar surface area (TPSA) is 89.7 Å². The van der Waals surface area contributed by atoms with Crippen LogP contribution >= 0.6 is 0 Å². The van der Waals surface area contributed by atoms with Crippen LogP contribution < -0.4 is 10.5 Å². The van der Waals surface area contributed by atoms with E-state index in [1.807, 2.05) is 48.5 Å². The molecule has 0 heterocycles. The molecule has 4 aromatic rings.